The summed E-state index contributed by atoms with van der Waals surface area (Å²) in [6, 6.07) is 0. The zero-order valence-electron chi connectivity index (χ0n) is 11.0. The summed E-state index contributed by atoms with van der Waals surface area (Å²) in [4.78, 5) is 10.5. The molecule has 0 heterocycles. The first-order chi connectivity index (χ1) is 8.27. The van der Waals surface area contributed by atoms with Crippen LogP contribution >= 0.6 is 11.6 Å². The average molecular weight is 257 g/mol. The van der Waals surface area contributed by atoms with Gasteiger partial charge in [0.1, 0.15) is 0 Å². The third-order valence-electron chi connectivity index (χ3n) is 2.57. The van der Waals surface area contributed by atoms with Crippen molar-refractivity contribution in [3.05, 3.63) is 24.3 Å². The Kier molecular flexibility index (Phi) is 13.1. The van der Waals surface area contributed by atoms with E-state index in [9.17, 15) is 4.79 Å². The second kappa shape index (κ2) is 13.5. The van der Waals surface area contributed by atoms with Gasteiger partial charge in [0.05, 0.1) is 0 Å². The van der Waals surface area contributed by atoms with Crippen molar-refractivity contribution in [2.75, 3.05) is 0 Å². The molecular weight excluding hydrogens is 232 g/mol. The number of hydrogen-bond acceptors (Lipinski definition) is 1. The van der Waals surface area contributed by atoms with Gasteiger partial charge in [0.2, 0.25) is 5.24 Å². The normalized spacial score (nSPS) is 11.6. The van der Waals surface area contributed by atoms with E-state index in [4.69, 9.17) is 11.6 Å². The zero-order valence-corrected chi connectivity index (χ0v) is 11.7. The predicted octanol–water partition coefficient (Wildman–Crippen LogP) is 5.40. The average Bonchev–Trinajstić information content (AvgIpc) is 2.30. The van der Waals surface area contributed by atoms with E-state index in [1.54, 1.807) is 0 Å². The second-order valence-corrected chi connectivity index (χ2v) is 4.70. The van der Waals surface area contributed by atoms with Gasteiger partial charge in [-0.1, -0.05) is 50.5 Å². The highest BCUT2D eigenvalue weighted by Crippen LogP contribution is 2.05. The Balaban J connectivity index is 3.19. The van der Waals surface area contributed by atoms with Crippen LogP contribution in [0.3, 0.4) is 0 Å². The third-order valence-corrected chi connectivity index (χ3v) is 2.76. The van der Waals surface area contributed by atoms with Gasteiger partial charge in [-0.05, 0) is 43.7 Å². The number of hydrogen-bond donors (Lipinski definition) is 0. The van der Waals surface area contributed by atoms with Crippen LogP contribution in [0.1, 0.15) is 64.7 Å². The lowest BCUT2D eigenvalue weighted by Gasteiger charge is -1.94. The molecule has 0 fully saturated rings. The van der Waals surface area contributed by atoms with Crippen LogP contribution in [-0.4, -0.2) is 5.24 Å². The van der Waals surface area contributed by atoms with Gasteiger partial charge in [-0.15, -0.1) is 0 Å². The fourth-order valence-corrected chi connectivity index (χ4v) is 1.67. The first-order valence-electron chi connectivity index (χ1n) is 6.75. The number of rotatable bonds is 11. The highest BCUT2D eigenvalue weighted by Gasteiger charge is 1.94. The van der Waals surface area contributed by atoms with Crippen molar-refractivity contribution in [1.82, 2.24) is 0 Å². The van der Waals surface area contributed by atoms with Crippen LogP contribution in [0.15, 0.2) is 24.3 Å². The monoisotopic (exact) mass is 256 g/mol. The molecule has 0 aliphatic rings. The van der Waals surface area contributed by atoms with Crippen molar-refractivity contribution in [2.24, 2.45) is 0 Å². The Bertz CT molecular complexity index is 231. The number of carbonyl (C=O) groups is 1. The minimum absolute atomic E-state index is 0.210. The lowest BCUT2D eigenvalue weighted by Crippen LogP contribution is -1.85. The van der Waals surface area contributed by atoms with Crippen LogP contribution in [-0.2, 0) is 4.79 Å². The highest BCUT2D eigenvalue weighted by atomic mass is 35.5. The molecule has 0 amide bonds. The molecule has 0 rings (SSSR count). The molecule has 0 N–H and O–H groups in total. The second-order valence-electron chi connectivity index (χ2n) is 4.28. The van der Waals surface area contributed by atoms with E-state index < -0.39 is 0 Å². The highest BCUT2D eigenvalue weighted by molar-refractivity contribution is 6.63. The van der Waals surface area contributed by atoms with Crippen LogP contribution < -0.4 is 0 Å². The number of allylic oxidation sites excluding steroid dienone is 4. The largest absolute Gasteiger partial charge is 0.281 e. The maximum Gasteiger partial charge on any atom is 0.221 e. The SMILES string of the molecule is CCCCC=CCC=CCCCCCC(=O)Cl. The molecule has 0 aliphatic heterocycles. The van der Waals surface area contributed by atoms with Crippen molar-refractivity contribution < 1.29 is 4.79 Å². The van der Waals surface area contributed by atoms with Gasteiger partial charge in [-0.2, -0.15) is 0 Å². The van der Waals surface area contributed by atoms with E-state index in [2.05, 4.69) is 31.2 Å². The summed E-state index contributed by atoms with van der Waals surface area (Å²) in [5.41, 5.74) is 0. The van der Waals surface area contributed by atoms with Gasteiger partial charge >= 0.3 is 0 Å². The van der Waals surface area contributed by atoms with E-state index in [0.717, 1.165) is 32.1 Å². The first-order valence-corrected chi connectivity index (χ1v) is 7.13. The van der Waals surface area contributed by atoms with Gasteiger partial charge < -0.3 is 0 Å². The Morgan fingerprint density at radius 2 is 1.59 bits per heavy atom. The summed E-state index contributed by atoms with van der Waals surface area (Å²) in [6.45, 7) is 2.21. The Hall–Kier alpha value is -0.560. The number of halogens is 1. The van der Waals surface area contributed by atoms with Gasteiger partial charge in [-0.25, -0.2) is 0 Å². The first kappa shape index (κ1) is 16.4. The Labute approximate surface area is 111 Å². The number of unbranched alkanes of at least 4 members (excludes halogenated alkanes) is 5. The van der Waals surface area contributed by atoms with Crippen molar-refractivity contribution in [2.45, 2.75) is 64.7 Å². The molecule has 0 aromatic rings. The van der Waals surface area contributed by atoms with E-state index in [0.29, 0.717) is 6.42 Å². The molecular formula is C15H25ClO. The van der Waals surface area contributed by atoms with E-state index in [1.165, 1.54) is 19.3 Å². The Morgan fingerprint density at radius 1 is 0.941 bits per heavy atom. The van der Waals surface area contributed by atoms with Crippen LogP contribution in [0, 0.1) is 0 Å². The minimum Gasteiger partial charge on any atom is -0.281 e. The zero-order chi connectivity index (χ0) is 12.8. The molecule has 0 radical (unpaired) electrons. The summed E-state index contributed by atoms with van der Waals surface area (Å²) < 4.78 is 0. The summed E-state index contributed by atoms with van der Waals surface area (Å²) in [6.07, 6.45) is 18.6. The van der Waals surface area contributed by atoms with Crippen molar-refractivity contribution in [1.29, 1.82) is 0 Å². The molecule has 2 heteroatoms. The molecule has 0 saturated carbocycles. The molecule has 0 aromatic heterocycles. The van der Waals surface area contributed by atoms with Crippen molar-refractivity contribution in [3.63, 3.8) is 0 Å². The lowest BCUT2D eigenvalue weighted by molar-refractivity contribution is -0.111. The molecule has 0 unspecified atom stereocenters. The molecule has 17 heavy (non-hydrogen) atoms. The standard InChI is InChI=1S/C15H25ClO/c1-2-3-4-5-6-7-8-9-10-11-12-13-14-15(16)17/h5-6,8-9H,2-4,7,10-14H2,1H3. The summed E-state index contributed by atoms with van der Waals surface area (Å²) in [7, 11) is 0. The molecule has 0 atom stereocenters. The van der Waals surface area contributed by atoms with E-state index in [1.807, 2.05) is 0 Å². The molecule has 1 nitrogen and oxygen atoms in total. The van der Waals surface area contributed by atoms with Crippen LogP contribution in [0.4, 0.5) is 0 Å². The molecule has 0 spiro atoms. The molecule has 0 bridgehead atoms. The smallest absolute Gasteiger partial charge is 0.221 e. The lowest BCUT2D eigenvalue weighted by atomic mass is 10.1. The predicted molar refractivity (Wildman–Crippen MR) is 76.4 cm³/mol. The third kappa shape index (κ3) is 15.4. The van der Waals surface area contributed by atoms with E-state index in [-0.39, 0.29) is 5.24 Å². The van der Waals surface area contributed by atoms with Gasteiger partial charge in [0, 0.05) is 6.42 Å². The van der Waals surface area contributed by atoms with Crippen molar-refractivity contribution in [3.8, 4) is 0 Å². The molecule has 0 aliphatic carbocycles. The molecule has 0 aromatic carbocycles. The number of carbonyl (C=O) groups excluding carboxylic acids is 1. The van der Waals surface area contributed by atoms with E-state index >= 15 is 0 Å². The molecule has 0 saturated heterocycles. The van der Waals surface area contributed by atoms with Crippen LogP contribution in [0.2, 0.25) is 0 Å². The maximum absolute atomic E-state index is 10.5. The van der Waals surface area contributed by atoms with Crippen LogP contribution in [0.25, 0.3) is 0 Å². The maximum atomic E-state index is 10.5. The van der Waals surface area contributed by atoms with Crippen molar-refractivity contribution >= 4 is 16.8 Å². The summed E-state index contributed by atoms with van der Waals surface area (Å²) >= 11 is 5.25. The summed E-state index contributed by atoms with van der Waals surface area (Å²) in [5, 5.41) is -0.210. The van der Waals surface area contributed by atoms with Gasteiger partial charge in [-0.3, -0.25) is 4.79 Å². The van der Waals surface area contributed by atoms with Crippen LogP contribution in [0.5, 0.6) is 0 Å². The minimum atomic E-state index is -0.210. The van der Waals surface area contributed by atoms with Gasteiger partial charge in [0.15, 0.2) is 0 Å². The molecule has 98 valence electrons. The quantitative estimate of drug-likeness (QED) is 0.275. The fraction of sp³-hybridized carbons (Fsp3) is 0.667. The van der Waals surface area contributed by atoms with Gasteiger partial charge in [0.25, 0.3) is 0 Å². The fourth-order valence-electron chi connectivity index (χ4n) is 1.53. The Morgan fingerprint density at radius 3 is 2.18 bits per heavy atom. The topological polar surface area (TPSA) is 17.1 Å². The summed E-state index contributed by atoms with van der Waals surface area (Å²) in [5.74, 6) is 0.